The van der Waals surface area contributed by atoms with Crippen LogP contribution in [0.25, 0.3) is 0 Å². The fourth-order valence-electron chi connectivity index (χ4n) is 1.14. The van der Waals surface area contributed by atoms with Crippen LogP contribution in [-0.4, -0.2) is 28.9 Å². The molecule has 1 aromatic carbocycles. The molecule has 0 aromatic heterocycles. The largest absolute Gasteiger partial charge is 0.468 e. The highest BCUT2D eigenvalue weighted by Gasteiger charge is 2.11. The maximum atomic E-state index is 10.9. The van der Waals surface area contributed by atoms with Crippen LogP contribution < -0.4 is 0 Å². The van der Waals surface area contributed by atoms with Crippen molar-refractivity contribution in [2.45, 2.75) is 11.5 Å². The van der Waals surface area contributed by atoms with Gasteiger partial charge in [-0.05, 0) is 11.6 Å². The molecule has 6 nitrogen and oxygen atoms in total. The summed E-state index contributed by atoms with van der Waals surface area (Å²) in [7, 11) is 1.28. The third-order valence-electron chi connectivity index (χ3n) is 2.00. The highest BCUT2D eigenvalue weighted by atomic mass is 32.2. The summed E-state index contributed by atoms with van der Waals surface area (Å²) in [5.74, 6) is -0.293. The molecule has 0 atom stereocenters. The summed E-state index contributed by atoms with van der Waals surface area (Å²) >= 11 is 1.17. The second-order valence-electron chi connectivity index (χ2n) is 3.07. The molecule has 0 spiro atoms. The van der Waals surface area contributed by atoms with Gasteiger partial charge in [-0.1, -0.05) is 0 Å². The topological polar surface area (TPSA) is 89.7 Å². The molecule has 0 radical (unpaired) electrons. The predicted molar refractivity (Wildman–Crippen MR) is 61.8 cm³/mol. The van der Waals surface area contributed by atoms with E-state index in [2.05, 4.69) is 4.74 Å². The van der Waals surface area contributed by atoms with Crippen molar-refractivity contribution in [1.82, 2.24) is 0 Å². The van der Waals surface area contributed by atoms with Crippen LogP contribution in [0, 0.1) is 10.1 Å². The first kappa shape index (κ1) is 13.5. The van der Waals surface area contributed by atoms with E-state index in [4.69, 9.17) is 5.11 Å². The van der Waals surface area contributed by atoms with Crippen molar-refractivity contribution >= 4 is 23.4 Å². The minimum absolute atomic E-state index is 0.0866. The summed E-state index contributed by atoms with van der Waals surface area (Å²) in [6.07, 6.45) is 0. The maximum Gasteiger partial charge on any atom is 0.315 e. The number of aliphatic hydroxyl groups excluding tert-OH is 1. The Balaban J connectivity index is 2.85. The average molecular weight is 257 g/mol. The zero-order valence-electron chi connectivity index (χ0n) is 9.08. The van der Waals surface area contributed by atoms with Crippen LogP contribution in [0.2, 0.25) is 0 Å². The second kappa shape index (κ2) is 6.21. The van der Waals surface area contributed by atoms with Crippen LogP contribution >= 0.6 is 11.8 Å². The van der Waals surface area contributed by atoms with E-state index in [1.54, 1.807) is 0 Å². The van der Waals surface area contributed by atoms with Gasteiger partial charge in [0.25, 0.3) is 5.69 Å². The van der Waals surface area contributed by atoms with Crippen molar-refractivity contribution in [1.29, 1.82) is 0 Å². The molecule has 0 amide bonds. The molecule has 0 saturated heterocycles. The number of nitro groups is 1. The van der Waals surface area contributed by atoms with Gasteiger partial charge in [0.05, 0.1) is 24.4 Å². The quantitative estimate of drug-likeness (QED) is 0.370. The molecule has 1 aromatic rings. The van der Waals surface area contributed by atoms with E-state index >= 15 is 0 Å². The molecule has 17 heavy (non-hydrogen) atoms. The van der Waals surface area contributed by atoms with Crippen LogP contribution in [0.15, 0.2) is 23.1 Å². The maximum absolute atomic E-state index is 10.9. The van der Waals surface area contributed by atoms with E-state index in [0.717, 1.165) is 0 Å². The Morgan fingerprint density at radius 2 is 2.29 bits per heavy atom. The number of carbonyl (C=O) groups excluding carboxylic acids is 1. The highest BCUT2D eigenvalue weighted by Crippen LogP contribution is 2.26. The van der Waals surface area contributed by atoms with Crippen molar-refractivity contribution in [2.24, 2.45) is 0 Å². The van der Waals surface area contributed by atoms with Gasteiger partial charge in [0.2, 0.25) is 0 Å². The van der Waals surface area contributed by atoms with Crippen LogP contribution in [-0.2, 0) is 16.1 Å². The van der Waals surface area contributed by atoms with Gasteiger partial charge in [0.15, 0.2) is 0 Å². The second-order valence-corrected chi connectivity index (χ2v) is 4.09. The summed E-state index contributed by atoms with van der Waals surface area (Å²) < 4.78 is 4.48. The molecule has 1 N–H and O–H groups in total. The molecule has 0 heterocycles. The van der Waals surface area contributed by atoms with Crippen molar-refractivity contribution in [3.05, 3.63) is 33.9 Å². The molecular formula is C10H11NO5S. The fraction of sp³-hybridized carbons (Fsp3) is 0.300. The molecular weight excluding hydrogens is 246 g/mol. The number of esters is 1. The predicted octanol–water partition coefficient (Wildman–Crippen LogP) is 1.35. The number of ether oxygens (including phenoxy) is 1. The van der Waals surface area contributed by atoms with E-state index in [1.807, 2.05) is 0 Å². The number of hydrogen-bond donors (Lipinski definition) is 1. The Bertz CT molecular complexity index is 435. The number of benzene rings is 1. The van der Waals surface area contributed by atoms with Gasteiger partial charge in [-0.15, -0.1) is 11.8 Å². The lowest BCUT2D eigenvalue weighted by Gasteiger charge is -2.05. The lowest BCUT2D eigenvalue weighted by atomic mass is 10.2. The van der Waals surface area contributed by atoms with Gasteiger partial charge in [-0.25, -0.2) is 0 Å². The molecule has 1 rings (SSSR count). The number of carbonyl (C=O) groups is 1. The summed E-state index contributed by atoms with van der Waals surface area (Å²) in [4.78, 5) is 21.6. The molecule has 0 aliphatic heterocycles. The minimum atomic E-state index is -0.534. The summed E-state index contributed by atoms with van der Waals surface area (Å²) in [5.41, 5.74) is 0.338. The lowest BCUT2D eigenvalue weighted by molar-refractivity contribution is -0.385. The van der Waals surface area contributed by atoms with Gasteiger partial charge in [-0.3, -0.25) is 14.9 Å². The van der Waals surface area contributed by atoms with E-state index in [-0.39, 0.29) is 18.0 Å². The summed E-state index contributed by atoms with van der Waals surface area (Å²) in [6.45, 7) is -0.314. The first-order chi connectivity index (χ1) is 8.08. The zero-order chi connectivity index (χ0) is 12.8. The number of methoxy groups -OCH3 is 1. The minimum Gasteiger partial charge on any atom is -0.468 e. The van der Waals surface area contributed by atoms with Crippen molar-refractivity contribution in [3.8, 4) is 0 Å². The number of nitrogens with zero attached hydrogens (tertiary/aromatic N) is 1. The molecule has 0 saturated carbocycles. The lowest BCUT2D eigenvalue weighted by Crippen LogP contribution is -2.03. The molecule has 0 aliphatic rings. The number of aliphatic hydroxyl groups is 1. The number of rotatable bonds is 5. The third-order valence-corrected chi connectivity index (χ3v) is 3.09. The molecule has 0 unspecified atom stereocenters. The van der Waals surface area contributed by atoms with E-state index in [1.165, 1.54) is 37.1 Å². The molecule has 0 aliphatic carbocycles. The Labute approximate surface area is 102 Å². The first-order valence-electron chi connectivity index (χ1n) is 4.66. The molecule has 0 fully saturated rings. The number of nitro benzene ring substituents is 1. The zero-order valence-corrected chi connectivity index (χ0v) is 9.90. The monoisotopic (exact) mass is 257 g/mol. The average Bonchev–Trinajstić information content (AvgIpc) is 2.35. The van der Waals surface area contributed by atoms with Gasteiger partial charge in [-0.2, -0.15) is 0 Å². The van der Waals surface area contributed by atoms with Crippen molar-refractivity contribution in [2.75, 3.05) is 12.9 Å². The normalized spacial score (nSPS) is 10.0. The summed E-state index contributed by atoms with van der Waals surface area (Å²) in [5, 5.41) is 19.6. The number of hydrogen-bond acceptors (Lipinski definition) is 6. The van der Waals surface area contributed by atoms with Crippen LogP contribution in [0.3, 0.4) is 0 Å². The Morgan fingerprint density at radius 3 is 2.82 bits per heavy atom. The SMILES string of the molecule is COC(=O)CSc1ccc([N+](=O)[O-])cc1CO. The van der Waals surface area contributed by atoms with E-state index in [0.29, 0.717) is 10.5 Å². The summed E-state index contributed by atoms with van der Waals surface area (Å²) in [6, 6.07) is 4.13. The van der Waals surface area contributed by atoms with Gasteiger partial charge >= 0.3 is 5.97 Å². The fourth-order valence-corrected chi connectivity index (χ4v) is 2.00. The third kappa shape index (κ3) is 3.72. The Morgan fingerprint density at radius 1 is 1.59 bits per heavy atom. The first-order valence-corrected chi connectivity index (χ1v) is 5.65. The van der Waals surface area contributed by atoms with E-state index in [9.17, 15) is 14.9 Å². The van der Waals surface area contributed by atoms with Crippen LogP contribution in [0.4, 0.5) is 5.69 Å². The molecule has 0 bridgehead atoms. The van der Waals surface area contributed by atoms with Gasteiger partial charge < -0.3 is 9.84 Å². The number of non-ortho nitro benzene ring substituents is 1. The molecule has 7 heteroatoms. The van der Waals surface area contributed by atoms with Gasteiger partial charge in [0, 0.05) is 17.0 Å². The van der Waals surface area contributed by atoms with Gasteiger partial charge in [0.1, 0.15) is 0 Å². The standard InChI is InChI=1S/C10H11NO5S/c1-16-10(13)6-17-9-3-2-8(11(14)15)4-7(9)5-12/h2-4,12H,5-6H2,1H3. The van der Waals surface area contributed by atoms with Crippen molar-refractivity contribution in [3.63, 3.8) is 0 Å². The molecule has 92 valence electrons. The Kier molecular flexibility index (Phi) is 4.92. The Hall–Kier alpha value is -1.60. The van der Waals surface area contributed by atoms with Crippen molar-refractivity contribution < 1.29 is 19.6 Å². The van der Waals surface area contributed by atoms with Crippen LogP contribution in [0.5, 0.6) is 0 Å². The van der Waals surface area contributed by atoms with E-state index < -0.39 is 10.9 Å². The smallest absolute Gasteiger partial charge is 0.315 e. The van der Waals surface area contributed by atoms with Crippen LogP contribution in [0.1, 0.15) is 5.56 Å². The number of thioether (sulfide) groups is 1. The highest BCUT2D eigenvalue weighted by molar-refractivity contribution is 8.00.